The van der Waals surface area contributed by atoms with Gasteiger partial charge < -0.3 is 5.32 Å². The van der Waals surface area contributed by atoms with Crippen LogP contribution in [-0.4, -0.2) is 30.6 Å². The first-order chi connectivity index (χ1) is 9.76. The molecular weight excluding hydrogens is 312 g/mol. The van der Waals surface area contributed by atoms with E-state index in [0.29, 0.717) is 12.1 Å². The average Bonchev–Trinajstić information content (AvgIpc) is 2.48. The van der Waals surface area contributed by atoms with Gasteiger partial charge in [-0.3, -0.25) is 4.90 Å². The molecule has 1 fully saturated rings. The lowest BCUT2D eigenvalue weighted by atomic mass is 9.97. The first kappa shape index (κ1) is 16.0. The van der Waals surface area contributed by atoms with Crippen molar-refractivity contribution in [2.75, 3.05) is 19.6 Å². The van der Waals surface area contributed by atoms with E-state index < -0.39 is 0 Å². The van der Waals surface area contributed by atoms with Gasteiger partial charge in [-0.05, 0) is 56.5 Å². The van der Waals surface area contributed by atoms with Gasteiger partial charge in [0.05, 0.1) is 0 Å². The lowest BCUT2D eigenvalue weighted by Crippen LogP contribution is -2.47. The fourth-order valence-corrected chi connectivity index (χ4v) is 3.76. The number of piperidine rings is 1. The summed E-state index contributed by atoms with van der Waals surface area (Å²) in [5, 5.41) is 3.56. The van der Waals surface area contributed by atoms with E-state index in [4.69, 9.17) is 0 Å². The quantitative estimate of drug-likeness (QED) is 0.828. The van der Waals surface area contributed by atoms with Gasteiger partial charge >= 0.3 is 0 Å². The average molecular weight is 339 g/mol. The molecule has 0 saturated carbocycles. The standard InChI is InChI=1S/C17H27BrN2/c1-3-11-20(16-9-6-10-19-13-16)17(4-2)14-7-5-8-15(18)12-14/h5,7-8,12,16-17,19H,3-4,6,9-11,13H2,1-2H3. The molecule has 1 N–H and O–H groups in total. The Morgan fingerprint density at radius 2 is 2.25 bits per heavy atom. The van der Waals surface area contributed by atoms with Crippen molar-refractivity contribution < 1.29 is 0 Å². The van der Waals surface area contributed by atoms with Crippen LogP contribution in [-0.2, 0) is 0 Å². The lowest BCUT2D eigenvalue weighted by molar-refractivity contribution is 0.108. The van der Waals surface area contributed by atoms with E-state index in [1.54, 1.807) is 0 Å². The van der Waals surface area contributed by atoms with Crippen molar-refractivity contribution in [1.82, 2.24) is 10.2 Å². The molecule has 3 heteroatoms. The van der Waals surface area contributed by atoms with E-state index in [-0.39, 0.29) is 0 Å². The van der Waals surface area contributed by atoms with Crippen molar-refractivity contribution in [3.8, 4) is 0 Å². The van der Waals surface area contributed by atoms with Crippen molar-refractivity contribution in [3.63, 3.8) is 0 Å². The molecule has 1 heterocycles. The highest BCUT2D eigenvalue weighted by atomic mass is 79.9. The number of benzene rings is 1. The van der Waals surface area contributed by atoms with Crippen molar-refractivity contribution in [1.29, 1.82) is 0 Å². The van der Waals surface area contributed by atoms with Crippen LogP contribution in [0.25, 0.3) is 0 Å². The number of hydrogen-bond acceptors (Lipinski definition) is 2. The van der Waals surface area contributed by atoms with E-state index in [0.717, 1.165) is 6.54 Å². The third-order valence-corrected chi connectivity index (χ3v) is 4.74. The van der Waals surface area contributed by atoms with Gasteiger partial charge in [0, 0.05) is 23.1 Å². The van der Waals surface area contributed by atoms with E-state index in [2.05, 4.69) is 64.3 Å². The van der Waals surface area contributed by atoms with Gasteiger partial charge in [-0.15, -0.1) is 0 Å². The summed E-state index contributed by atoms with van der Waals surface area (Å²) in [5.74, 6) is 0. The topological polar surface area (TPSA) is 15.3 Å². The van der Waals surface area contributed by atoms with Crippen LogP contribution in [0.15, 0.2) is 28.7 Å². The van der Waals surface area contributed by atoms with Crippen LogP contribution < -0.4 is 5.32 Å². The smallest absolute Gasteiger partial charge is 0.0349 e. The van der Waals surface area contributed by atoms with Gasteiger partial charge in [0.1, 0.15) is 0 Å². The molecule has 2 unspecified atom stereocenters. The molecule has 0 radical (unpaired) electrons. The van der Waals surface area contributed by atoms with Crippen LogP contribution in [0.4, 0.5) is 0 Å². The maximum absolute atomic E-state index is 3.61. The van der Waals surface area contributed by atoms with E-state index in [9.17, 15) is 0 Å². The Balaban J connectivity index is 2.19. The molecule has 0 bridgehead atoms. The summed E-state index contributed by atoms with van der Waals surface area (Å²) in [6.45, 7) is 8.12. The van der Waals surface area contributed by atoms with Crippen molar-refractivity contribution in [2.24, 2.45) is 0 Å². The van der Waals surface area contributed by atoms with Crippen LogP contribution in [0.5, 0.6) is 0 Å². The first-order valence-electron chi connectivity index (χ1n) is 7.98. The molecule has 112 valence electrons. The second-order valence-corrected chi connectivity index (χ2v) is 6.63. The number of rotatable bonds is 6. The summed E-state index contributed by atoms with van der Waals surface area (Å²) in [6, 6.07) is 10.1. The second-order valence-electron chi connectivity index (χ2n) is 5.72. The summed E-state index contributed by atoms with van der Waals surface area (Å²) >= 11 is 3.61. The third-order valence-electron chi connectivity index (χ3n) is 4.24. The monoisotopic (exact) mass is 338 g/mol. The normalized spacial score (nSPS) is 21.1. The Hall–Kier alpha value is -0.380. The molecule has 1 aliphatic heterocycles. The van der Waals surface area contributed by atoms with Gasteiger partial charge in [0.15, 0.2) is 0 Å². The third kappa shape index (κ3) is 4.06. The molecule has 1 saturated heterocycles. The highest BCUT2D eigenvalue weighted by Gasteiger charge is 2.27. The second kappa shape index (κ2) is 8.16. The summed E-state index contributed by atoms with van der Waals surface area (Å²) in [5.41, 5.74) is 1.45. The van der Waals surface area contributed by atoms with Crippen molar-refractivity contribution >= 4 is 15.9 Å². The Morgan fingerprint density at radius 3 is 2.85 bits per heavy atom. The summed E-state index contributed by atoms with van der Waals surface area (Å²) in [4.78, 5) is 2.73. The molecule has 1 aromatic rings. The first-order valence-corrected chi connectivity index (χ1v) is 8.77. The van der Waals surface area contributed by atoms with Crippen LogP contribution in [0, 0.1) is 0 Å². The maximum Gasteiger partial charge on any atom is 0.0349 e. The predicted molar refractivity (Wildman–Crippen MR) is 90.1 cm³/mol. The maximum atomic E-state index is 3.61. The molecule has 1 aromatic carbocycles. The van der Waals surface area contributed by atoms with E-state index in [1.165, 1.54) is 48.8 Å². The predicted octanol–water partition coefficient (Wildman–Crippen LogP) is 4.36. The summed E-state index contributed by atoms with van der Waals surface area (Å²) in [7, 11) is 0. The van der Waals surface area contributed by atoms with Crippen LogP contribution in [0.3, 0.4) is 0 Å². The molecule has 2 nitrogen and oxygen atoms in total. The fraction of sp³-hybridized carbons (Fsp3) is 0.647. The molecule has 0 aliphatic carbocycles. The number of hydrogen-bond donors (Lipinski definition) is 1. The SMILES string of the molecule is CCCN(C1CCCNC1)C(CC)c1cccc(Br)c1. The van der Waals surface area contributed by atoms with Gasteiger partial charge in [-0.1, -0.05) is 41.9 Å². The molecule has 2 atom stereocenters. The minimum absolute atomic E-state index is 0.539. The van der Waals surface area contributed by atoms with Gasteiger partial charge in [-0.2, -0.15) is 0 Å². The zero-order valence-corrected chi connectivity index (χ0v) is 14.3. The minimum Gasteiger partial charge on any atom is -0.315 e. The van der Waals surface area contributed by atoms with Gasteiger partial charge in [0.25, 0.3) is 0 Å². The number of halogens is 1. The van der Waals surface area contributed by atoms with Crippen LogP contribution >= 0.6 is 15.9 Å². The summed E-state index contributed by atoms with van der Waals surface area (Å²) < 4.78 is 1.19. The Labute approximate surface area is 132 Å². The minimum atomic E-state index is 0.539. The molecule has 0 amide bonds. The Morgan fingerprint density at radius 1 is 1.40 bits per heavy atom. The fourth-order valence-electron chi connectivity index (χ4n) is 3.34. The number of nitrogens with zero attached hydrogens (tertiary/aromatic N) is 1. The highest BCUT2D eigenvalue weighted by Crippen LogP contribution is 2.30. The number of nitrogens with one attached hydrogen (secondary N) is 1. The molecular formula is C17H27BrN2. The highest BCUT2D eigenvalue weighted by molar-refractivity contribution is 9.10. The molecule has 0 spiro atoms. The Kier molecular flexibility index (Phi) is 6.53. The van der Waals surface area contributed by atoms with Gasteiger partial charge in [-0.25, -0.2) is 0 Å². The van der Waals surface area contributed by atoms with Crippen molar-refractivity contribution in [3.05, 3.63) is 34.3 Å². The molecule has 1 aliphatic rings. The largest absolute Gasteiger partial charge is 0.315 e. The summed E-state index contributed by atoms with van der Waals surface area (Å²) in [6.07, 6.45) is 5.03. The Bertz CT molecular complexity index is 402. The van der Waals surface area contributed by atoms with Gasteiger partial charge in [0.2, 0.25) is 0 Å². The van der Waals surface area contributed by atoms with E-state index >= 15 is 0 Å². The molecule has 2 rings (SSSR count). The zero-order chi connectivity index (χ0) is 14.4. The van der Waals surface area contributed by atoms with Crippen molar-refractivity contribution in [2.45, 2.75) is 51.6 Å². The van der Waals surface area contributed by atoms with Crippen LogP contribution in [0.2, 0.25) is 0 Å². The molecule has 0 aromatic heterocycles. The lowest BCUT2D eigenvalue weighted by Gasteiger charge is -2.40. The molecule has 20 heavy (non-hydrogen) atoms. The zero-order valence-electron chi connectivity index (χ0n) is 12.7. The van der Waals surface area contributed by atoms with Crippen LogP contribution in [0.1, 0.15) is 51.1 Å². The van der Waals surface area contributed by atoms with E-state index in [1.807, 2.05) is 0 Å².